The van der Waals surface area contributed by atoms with Gasteiger partial charge in [0.15, 0.2) is 5.76 Å². The molecule has 0 saturated carbocycles. The highest BCUT2D eigenvalue weighted by atomic mass is 16.5. The van der Waals surface area contributed by atoms with Crippen molar-refractivity contribution in [2.45, 2.75) is 33.1 Å². The molecule has 2 aromatic rings. The van der Waals surface area contributed by atoms with Crippen LogP contribution in [-0.4, -0.2) is 51.2 Å². The van der Waals surface area contributed by atoms with Gasteiger partial charge in [0.2, 0.25) is 0 Å². The Kier molecular flexibility index (Phi) is 5.68. The SMILES string of the molecule is CCc1ccc2oc(C(=O)NCC3(CN(C)C)CCOCC3)c(C)c2c1. The number of ether oxygens (including phenoxy) is 1. The van der Waals surface area contributed by atoms with Crippen LogP contribution in [0.25, 0.3) is 11.0 Å². The molecule has 5 nitrogen and oxygen atoms in total. The van der Waals surface area contributed by atoms with Crippen LogP contribution in [-0.2, 0) is 11.2 Å². The van der Waals surface area contributed by atoms with Crippen molar-refractivity contribution in [3.8, 4) is 0 Å². The second kappa shape index (κ2) is 7.80. The molecule has 142 valence electrons. The molecule has 3 rings (SSSR count). The first kappa shape index (κ1) is 18.9. The van der Waals surface area contributed by atoms with Crippen molar-refractivity contribution in [2.75, 3.05) is 40.4 Å². The molecule has 0 bridgehead atoms. The molecule has 0 radical (unpaired) electrons. The number of carbonyl (C=O) groups is 1. The number of fused-ring (bicyclic) bond motifs is 1. The van der Waals surface area contributed by atoms with Gasteiger partial charge in [0, 0.05) is 42.7 Å². The maximum Gasteiger partial charge on any atom is 0.287 e. The second-order valence-electron chi connectivity index (χ2n) is 7.77. The third kappa shape index (κ3) is 3.94. The number of furan rings is 1. The maximum atomic E-state index is 12.8. The zero-order chi connectivity index (χ0) is 18.7. The highest BCUT2D eigenvalue weighted by Gasteiger charge is 2.34. The predicted molar refractivity (Wildman–Crippen MR) is 104 cm³/mol. The van der Waals surface area contributed by atoms with Crippen LogP contribution in [0.3, 0.4) is 0 Å². The normalized spacial score (nSPS) is 17.0. The van der Waals surface area contributed by atoms with Crippen LogP contribution < -0.4 is 5.32 Å². The van der Waals surface area contributed by atoms with E-state index in [1.807, 2.05) is 13.0 Å². The number of nitrogens with zero attached hydrogens (tertiary/aromatic N) is 1. The number of rotatable bonds is 6. The number of hydrogen-bond donors (Lipinski definition) is 1. The monoisotopic (exact) mass is 358 g/mol. The van der Waals surface area contributed by atoms with E-state index < -0.39 is 0 Å². The smallest absolute Gasteiger partial charge is 0.287 e. The zero-order valence-electron chi connectivity index (χ0n) is 16.4. The van der Waals surface area contributed by atoms with Crippen molar-refractivity contribution >= 4 is 16.9 Å². The molecule has 0 atom stereocenters. The van der Waals surface area contributed by atoms with Crippen LogP contribution in [0.4, 0.5) is 0 Å². The Bertz CT molecular complexity index is 773. The summed E-state index contributed by atoms with van der Waals surface area (Å²) in [7, 11) is 4.15. The van der Waals surface area contributed by atoms with Crippen molar-refractivity contribution in [1.82, 2.24) is 10.2 Å². The lowest BCUT2D eigenvalue weighted by Gasteiger charge is -2.39. The highest BCUT2D eigenvalue weighted by Crippen LogP contribution is 2.31. The van der Waals surface area contributed by atoms with E-state index in [0.29, 0.717) is 12.3 Å². The number of hydrogen-bond acceptors (Lipinski definition) is 4. The Morgan fingerprint density at radius 1 is 1.27 bits per heavy atom. The topological polar surface area (TPSA) is 54.7 Å². The summed E-state index contributed by atoms with van der Waals surface area (Å²) in [6.45, 7) is 7.19. The molecule has 1 fully saturated rings. The molecule has 26 heavy (non-hydrogen) atoms. The van der Waals surface area contributed by atoms with Crippen molar-refractivity contribution in [1.29, 1.82) is 0 Å². The largest absolute Gasteiger partial charge is 0.451 e. The maximum absolute atomic E-state index is 12.8. The van der Waals surface area contributed by atoms with Gasteiger partial charge in [-0.15, -0.1) is 0 Å². The predicted octanol–water partition coefficient (Wildman–Crippen LogP) is 3.39. The first-order valence-corrected chi connectivity index (χ1v) is 9.47. The summed E-state index contributed by atoms with van der Waals surface area (Å²) in [6, 6.07) is 6.14. The summed E-state index contributed by atoms with van der Waals surface area (Å²) >= 11 is 0. The van der Waals surface area contributed by atoms with Crippen molar-refractivity contribution in [3.05, 3.63) is 35.1 Å². The van der Waals surface area contributed by atoms with Gasteiger partial charge in [-0.3, -0.25) is 4.79 Å². The molecule has 0 aliphatic carbocycles. The van der Waals surface area contributed by atoms with E-state index in [-0.39, 0.29) is 11.3 Å². The van der Waals surface area contributed by atoms with Gasteiger partial charge < -0.3 is 19.4 Å². The second-order valence-corrected chi connectivity index (χ2v) is 7.77. The Morgan fingerprint density at radius 3 is 2.65 bits per heavy atom. The van der Waals surface area contributed by atoms with Crippen LogP contribution in [0.5, 0.6) is 0 Å². The van der Waals surface area contributed by atoms with Gasteiger partial charge in [0.1, 0.15) is 5.58 Å². The van der Waals surface area contributed by atoms with E-state index >= 15 is 0 Å². The van der Waals surface area contributed by atoms with E-state index in [9.17, 15) is 4.79 Å². The van der Waals surface area contributed by atoms with Crippen LogP contribution in [0.15, 0.2) is 22.6 Å². The van der Waals surface area contributed by atoms with Gasteiger partial charge in [-0.1, -0.05) is 13.0 Å². The molecule has 1 aliphatic rings. The van der Waals surface area contributed by atoms with E-state index in [4.69, 9.17) is 9.15 Å². The molecule has 0 unspecified atom stereocenters. The lowest BCUT2D eigenvalue weighted by molar-refractivity contribution is 0.00273. The number of aryl methyl sites for hydroxylation is 2. The third-order valence-corrected chi connectivity index (χ3v) is 5.44. The van der Waals surface area contributed by atoms with Gasteiger partial charge >= 0.3 is 0 Å². The fraction of sp³-hybridized carbons (Fsp3) is 0.571. The van der Waals surface area contributed by atoms with Crippen LogP contribution in [0, 0.1) is 12.3 Å². The molecule has 1 N–H and O–H groups in total. The molecule has 1 aliphatic heterocycles. The molecular weight excluding hydrogens is 328 g/mol. The van der Waals surface area contributed by atoms with E-state index in [1.165, 1.54) is 5.56 Å². The third-order valence-electron chi connectivity index (χ3n) is 5.44. The first-order valence-electron chi connectivity index (χ1n) is 9.47. The Labute approximate surface area is 155 Å². The standard InChI is InChI=1S/C21H30N2O3/c1-5-16-6-7-18-17(12-16)15(2)19(26-18)20(24)22-13-21(14-23(3)4)8-10-25-11-9-21/h6-7,12H,5,8-11,13-14H2,1-4H3,(H,22,24). The number of benzene rings is 1. The summed E-state index contributed by atoms with van der Waals surface area (Å²) in [6.07, 6.45) is 2.89. The molecular formula is C21H30N2O3. The van der Waals surface area contributed by atoms with Crippen LogP contribution in [0.1, 0.15) is 41.4 Å². The lowest BCUT2D eigenvalue weighted by Crippen LogP contribution is -2.47. The molecule has 1 saturated heterocycles. The van der Waals surface area contributed by atoms with Gasteiger partial charge in [-0.2, -0.15) is 0 Å². The van der Waals surface area contributed by atoms with E-state index in [0.717, 1.165) is 55.6 Å². The average Bonchev–Trinajstić information content (AvgIpc) is 2.96. The quantitative estimate of drug-likeness (QED) is 0.860. The number of amides is 1. The van der Waals surface area contributed by atoms with E-state index in [2.05, 4.69) is 43.4 Å². The summed E-state index contributed by atoms with van der Waals surface area (Å²) < 4.78 is 11.4. The Balaban J connectivity index is 1.76. The Morgan fingerprint density at radius 2 is 2.00 bits per heavy atom. The minimum Gasteiger partial charge on any atom is -0.451 e. The van der Waals surface area contributed by atoms with Crippen molar-refractivity contribution in [3.63, 3.8) is 0 Å². The van der Waals surface area contributed by atoms with Crippen molar-refractivity contribution < 1.29 is 13.9 Å². The highest BCUT2D eigenvalue weighted by molar-refractivity contribution is 5.99. The molecule has 1 aromatic heterocycles. The molecule has 5 heteroatoms. The van der Waals surface area contributed by atoms with Crippen LogP contribution >= 0.6 is 0 Å². The summed E-state index contributed by atoms with van der Waals surface area (Å²) in [5.41, 5.74) is 3.01. The fourth-order valence-electron chi connectivity index (χ4n) is 3.92. The number of nitrogens with one attached hydrogen (secondary N) is 1. The van der Waals surface area contributed by atoms with Gasteiger partial charge in [-0.25, -0.2) is 0 Å². The van der Waals surface area contributed by atoms with Gasteiger partial charge in [0.25, 0.3) is 5.91 Å². The molecule has 2 heterocycles. The van der Waals surface area contributed by atoms with Crippen molar-refractivity contribution in [2.24, 2.45) is 5.41 Å². The molecule has 1 aromatic carbocycles. The van der Waals surface area contributed by atoms with Gasteiger partial charge in [0.05, 0.1) is 0 Å². The van der Waals surface area contributed by atoms with E-state index in [1.54, 1.807) is 0 Å². The zero-order valence-corrected chi connectivity index (χ0v) is 16.4. The summed E-state index contributed by atoms with van der Waals surface area (Å²) in [5.74, 6) is 0.307. The Hall–Kier alpha value is -1.85. The average molecular weight is 358 g/mol. The van der Waals surface area contributed by atoms with Gasteiger partial charge in [-0.05, 0) is 58.0 Å². The lowest BCUT2D eigenvalue weighted by atomic mass is 9.79. The molecule has 0 spiro atoms. The minimum atomic E-state index is -0.124. The fourth-order valence-corrected chi connectivity index (χ4v) is 3.92. The molecule has 1 amide bonds. The minimum absolute atomic E-state index is 0.0622. The summed E-state index contributed by atoms with van der Waals surface area (Å²) in [4.78, 5) is 15.0. The number of carbonyl (C=O) groups excluding carboxylic acids is 1. The first-order chi connectivity index (χ1) is 12.4. The summed E-state index contributed by atoms with van der Waals surface area (Å²) in [5, 5.41) is 4.16. The van der Waals surface area contributed by atoms with Crippen LogP contribution in [0.2, 0.25) is 0 Å².